The second-order valence-corrected chi connectivity index (χ2v) is 6.72. The van der Waals surface area contributed by atoms with Gasteiger partial charge in [0, 0.05) is 8.96 Å². The summed E-state index contributed by atoms with van der Waals surface area (Å²) in [6.07, 6.45) is 1.50. The number of pyridine rings is 2. The number of esters is 1. The number of aromatic nitrogens is 2. The van der Waals surface area contributed by atoms with Gasteiger partial charge >= 0.3 is 5.97 Å². The van der Waals surface area contributed by atoms with E-state index in [0.717, 1.165) is 9.13 Å². The molecule has 25 heavy (non-hydrogen) atoms. The van der Waals surface area contributed by atoms with Gasteiger partial charge in [-0.3, -0.25) is 9.36 Å². The van der Waals surface area contributed by atoms with Crippen LogP contribution < -0.4 is 17.0 Å². The zero-order valence-electron chi connectivity index (χ0n) is 13.5. The fourth-order valence-electron chi connectivity index (χ4n) is 2.73. The molecule has 7 nitrogen and oxygen atoms in total. The molecule has 128 valence electrons. The molecule has 0 spiro atoms. The number of fused-ring (bicyclic) bond motifs is 1. The molecule has 0 unspecified atom stereocenters. The van der Waals surface area contributed by atoms with Crippen LogP contribution >= 0.6 is 22.6 Å². The van der Waals surface area contributed by atoms with Crippen molar-refractivity contribution in [2.75, 3.05) is 18.6 Å². The molecular weight excluding hydrogens is 435 g/mol. The first-order valence-electron chi connectivity index (χ1n) is 7.29. The number of aryl methyl sites for hydroxylation is 1. The number of carbonyl (C=O) groups is 1. The monoisotopic (exact) mass is 450 g/mol. The first-order valence-corrected chi connectivity index (χ1v) is 8.37. The van der Waals surface area contributed by atoms with Crippen molar-refractivity contribution in [2.24, 2.45) is 0 Å². The number of hydrogen-bond donors (Lipinski definition) is 2. The smallest absolute Gasteiger partial charge is 0.345 e. The minimum absolute atomic E-state index is 0.0977. The maximum absolute atomic E-state index is 13.1. The van der Waals surface area contributed by atoms with Crippen molar-refractivity contribution < 1.29 is 9.53 Å². The molecule has 0 aliphatic heterocycles. The van der Waals surface area contributed by atoms with Crippen molar-refractivity contribution in [2.45, 2.75) is 6.92 Å². The molecular formula is C17H15IN4O3. The van der Waals surface area contributed by atoms with Gasteiger partial charge in [0.1, 0.15) is 11.4 Å². The van der Waals surface area contributed by atoms with Gasteiger partial charge in [0.25, 0.3) is 5.56 Å². The van der Waals surface area contributed by atoms with Crippen LogP contribution in [-0.2, 0) is 4.74 Å². The number of nitrogens with zero attached hydrogens (tertiary/aromatic N) is 2. The van der Waals surface area contributed by atoms with Crippen LogP contribution in [0.15, 0.2) is 35.3 Å². The van der Waals surface area contributed by atoms with Crippen molar-refractivity contribution in [1.29, 1.82) is 0 Å². The summed E-state index contributed by atoms with van der Waals surface area (Å²) in [5, 5.41) is 0.580. The largest absolute Gasteiger partial charge is 0.465 e. The van der Waals surface area contributed by atoms with E-state index >= 15 is 0 Å². The molecule has 0 bridgehead atoms. The fourth-order valence-corrected chi connectivity index (χ4v) is 3.21. The highest BCUT2D eigenvalue weighted by Crippen LogP contribution is 2.27. The van der Waals surface area contributed by atoms with Crippen LogP contribution in [0.4, 0.5) is 11.5 Å². The Bertz CT molecular complexity index is 1080. The number of halogens is 1. The minimum Gasteiger partial charge on any atom is -0.465 e. The van der Waals surface area contributed by atoms with E-state index in [0.29, 0.717) is 22.4 Å². The molecule has 4 N–H and O–H groups in total. The van der Waals surface area contributed by atoms with Crippen molar-refractivity contribution in [3.05, 3.63) is 55.5 Å². The Kier molecular flexibility index (Phi) is 4.38. The van der Waals surface area contributed by atoms with Crippen LogP contribution in [0.3, 0.4) is 0 Å². The Morgan fingerprint density at radius 1 is 1.28 bits per heavy atom. The zero-order chi connectivity index (χ0) is 18.3. The molecule has 0 saturated carbocycles. The maximum atomic E-state index is 13.1. The second kappa shape index (κ2) is 6.36. The van der Waals surface area contributed by atoms with Crippen molar-refractivity contribution in [3.63, 3.8) is 0 Å². The van der Waals surface area contributed by atoms with E-state index in [1.165, 1.54) is 17.9 Å². The number of benzene rings is 1. The second-order valence-electron chi connectivity index (χ2n) is 5.48. The third kappa shape index (κ3) is 2.82. The van der Waals surface area contributed by atoms with Gasteiger partial charge in [0.2, 0.25) is 0 Å². The fraction of sp³-hybridized carbons (Fsp3) is 0.118. The number of anilines is 2. The third-order valence-corrected chi connectivity index (χ3v) is 4.58. The Balaban J connectivity index is 2.54. The number of carbonyl (C=O) groups excluding carboxylic acids is 1. The molecule has 0 fully saturated rings. The summed E-state index contributed by atoms with van der Waals surface area (Å²) in [5.41, 5.74) is 13.0. The summed E-state index contributed by atoms with van der Waals surface area (Å²) >= 11 is 2.15. The lowest BCUT2D eigenvalue weighted by Crippen LogP contribution is -2.28. The van der Waals surface area contributed by atoms with Crippen molar-refractivity contribution in [3.8, 4) is 5.69 Å². The Labute approximate surface area is 156 Å². The first-order chi connectivity index (χ1) is 11.8. The third-order valence-electron chi connectivity index (χ3n) is 3.91. The number of ether oxygens (including phenoxy) is 1. The lowest BCUT2D eigenvalue weighted by Gasteiger charge is -2.16. The van der Waals surface area contributed by atoms with Crippen LogP contribution in [0.2, 0.25) is 0 Å². The highest BCUT2D eigenvalue weighted by molar-refractivity contribution is 14.1. The van der Waals surface area contributed by atoms with E-state index in [-0.39, 0.29) is 11.3 Å². The Morgan fingerprint density at radius 3 is 2.64 bits per heavy atom. The molecule has 0 saturated heterocycles. The predicted octanol–water partition coefficient (Wildman–Crippen LogP) is 2.25. The summed E-state index contributed by atoms with van der Waals surface area (Å²) < 4.78 is 7.08. The van der Waals surface area contributed by atoms with E-state index < -0.39 is 11.5 Å². The van der Waals surface area contributed by atoms with Crippen molar-refractivity contribution >= 4 is 51.0 Å². The van der Waals surface area contributed by atoms with Crippen molar-refractivity contribution in [1.82, 2.24) is 9.55 Å². The summed E-state index contributed by atoms with van der Waals surface area (Å²) in [6, 6.07) is 7.11. The molecule has 2 heterocycles. The lowest BCUT2D eigenvalue weighted by molar-refractivity contribution is 0.0600. The van der Waals surface area contributed by atoms with E-state index in [9.17, 15) is 9.59 Å². The lowest BCUT2D eigenvalue weighted by atomic mass is 10.1. The van der Waals surface area contributed by atoms with Crippen LogP contribution in [0.1, 0.15) is 15.9 Å². The molecule has 0 radical (unpaired) electrons. The van der Waals surface area contributed by atoms with Gasteiger partial charge in [0.15, 0.2) is 0 Å². The number of methoxy groups -OCH3 is 1. The Hall–Kier alpha value is -2.62. The molecule has 1 aromatic carbocycles. The average Bonchev–Trinajstić information content (AvgIpc) is 2.56. The Morgan fingerprint density at radius 2 is 2.00 bits per heavy atom. The standard InChI is InChI=1S/C17H15IN4O3/c1-8-5-13(19)21-7-12(8)22-11-6-9(18)3-4-10(11)15(20)14(16(22)23)17(24)25-2/h3-7H,20H2,1-2H3,(H2,19,21). The van der Waals surface area contributed by atoms with Gasteiger partial charge in [-0.1, -0.05) is 0 Å². The molecule has 0 aliphatic rings. The van der Waals surface area contributed by atoms with Gasteiger partial charge in [0.05, 0.1) is 30.2 Å². The number of nitrogen functional groups attached to an aromatic ring is 2. The predicted molar refractivity (Wildman–Crippen MR) is 105 cm³/mol. The number of nitrogens with two attached hydrogens (primary N) is 2. The molecule has 0 aliphatic carbocycles. The van der Waals surface area contributed by atoms with Crippen LogP contribution in [0.5, 0.6) is 0 Å². The SMILES string of the molecule is COC(=O)c1c(N)c2ccc(I)cc2n(-c2cnc(N)cc2C)c1=O. The molecule has 3 aromatic rings. The molecule has 0 atom stereocenters. The molecule has 3 rings (SSSR count). The van der Waals surface area contributed by atoms with Gasteiger partial charge < -0.3 is 16.2 Å². The van der Waals surface area contributed by atoms with Crippen LogP contribution in [0, 0.1) is 10.5 Å². The maximum Gasteiger partial charge on any atom is 0.345 e. The van der Waals surface area contributed by atoms with Crippen LogP contribution in [-0.4, -0.2) is 22.6 Å². The molecule has 8 heteroatoms. The summed E-state index contributed by atoms with van der Waals surface area (Å²) in [7, 11) is 1.21. The van der Waals surface area contributed by atoms with Crippen LogP contribution in [0.25, 0.3) is 16.6 Å². The summed E-state index contributed by atoms with van der Waals surface area (Å²) in [6.45, 7) is 1.81. The average molecular weight is 450 g/mol. The van der Waals surface area contributed by atoms with Gasteiger partial charge in [-0.15, -0.1) is 0 Å². The number of rotatable bonds is 2. The first kappa shape index (κ1) is 17.2. The summed E-state index contributed by atoms with van der Waals surface area (Å²) in [4.78, 5) is 29.3. The minimum atomic E-state index is -0.780. The number of hydrogen-bond acceptors (Lipinski definition) is 6. The highest BCUT2D eigenvalue weighted by Gasteiger charge is 2.23. The molecule has 0 amide bonds. The summed E-state index contributed by atoms with van der Waals surface area (Å²) in [5.74, 6) is -0.436. The quantitative estimate of drug-likeness (QED) is 0.458. The van der Waals surface area contributed by atoms with Gasteiger partial charge in [-0.2, -0.15) is 0 Å². The van der Waals surface area contributed by atoms with Gasteiger partial charge in [-0.05, 0) is 59.3 Å². The van der Waals surface area contributed by atoms with E-state index in [2.05, 4.69) is 27.6 Å². The van der Waals surface area contributed by atoms with E-state index in [1.807, 2.05) is 19.1 Å². The van der Waals surface area contributed by atoms with E-state index in [4.69, 9.17) is 16.2 Å². The topological polar surface area (TPSA) is 113 Å². The zero-order valence-corrected chi connectivity index (χ0v) is 15.7. The van der Waals surface area contributed by atoms with E-state index in [1.54, 1.807) is 12.1 Å². The van der Waals surface area contributed by atoms with Gasteiger partial charge in [-0.25, -0.2) is 9.78 Å². The molecule has 2 aromatic heterocycles. The normalized spacial score (nSPS) is 10.8. The highest BCUT2D eigenvalue weighted by atomic mass is 127.